The molecule has 22 heavy (non-hydrogen) atoms. The molecule has 0 unspecified atom stereocenters. The Balaban J connectivity index is 1.87. The van der Waals surface area contributed by atoms with E-state index in [0.717, 1.165) is 23.3 Å². The first-order valence-corrected chi connectivity index (χ1v) is 7.76. The van der Waals surface area contributed by atoms with Crippen molar-refractivity contribution in [3.63, 3.8) is 0 Å². The van der Waals surface area contributed by atoms with Gasteiger partial charge in [-0.05, 0) is 42.7 Å². The van der Waals surface area contributed by atoms with E-state index in [1.165, 1.54) is 0 Å². The molecule has 0 heterocycles. The van der Waals surface area contributed by atoms with Crippen LogP contribution in [0.15, 0.2) is 48.5 Å². The molecule has 118 valence electrons. The molecule has 2 rings (SSSR count). The van der Waals surface area contributed by atoms with E-state index in [2.05, 4.69) is 18.3 Å². The van der Waals surface area contributed by atoms with Gasteiger partial charge in [0.2, 0.25) is 0 Å². The van der Waals surface area contributed by atoms with Crippen molar-refractivity contribution in [1.82, 2.24) is 5.32 Å². The fourth-order valence-electron chi connectivity index (χ4n) is 2.39. The molecular weight excluding hydrogens is 298 g/mol. The maximum atomic E-state index is 10.2. The number of benzene rings is 2. The number of halogens is 1. The number of rotatable bonds is 7. The molecule has 0 radical (unpaired) electrons. The van der Waals surface area contributed by atoms with Crippen molar-refractivity contribution in [2.45, 2.75) is 25.5 Å². The Morgan fingerprint density at radius 3 is 2.50 bits per heavy atom. The number of hydrogen-bond acceptors (Lipinski definition) is 3. The first-order chi connectivity index (χ1) is 10.6. The van der Waals surface area contributed by atoms with E-state index in [-0.39, 0.29) is 6.04 Å². The lowest BCUT2D eigenvalue weighted by atomic mass is 10.0. The van der Waals surface area contributed by atoms with Crippen molar-refractivity contribution in [3.05, 3.63) is 64.7 Å². The first kappa shape index (κ1) is 16.8. The number of methoxy groups -OCH3 is 1. The molecule has 0 saturated heterocycles. The summed E-state index contributed by atoms with van der Waals surface area (Å²) in [5, 5.41) is 14.2. The lowest BCUT2D eigenvalue weighted by molar-refractivity contribution is 0.170. The summed E-state index contributed by atoms with van der Waals surface area (Å²) in [6.07, 6.45) is 0.301. The molecule has 0 aromatic heterocycles. The van der Waals surface area contributed by atoms with Crippen LogP contribution in [0.4, 0.5) is 0 Å². The molecule has 4 heteroatoms. The largest absolute Gasteiger partial charge is 0.496 e. The molecule has 2 aromatic rings. The predicted octanol–water partition coefficient (Wildman–Crippen LogP) is 3.60. The second kappa shape index (κ2) is 8.18. The highest BCUT2D eigenvalue weighted by Gasteiger charge is 2.11. The van der Waals surface area contributed by atoms with Gasteiger partial charge in [-0.2, -0.15) is 0 Å². The summed E-state index contributed by atoms with van der Waals surface area (Å²) in [5.74, 6) is 0.898. The van der Waals surface area contributed by atoms with Gasteiger partial charge in [-0.15, -0.1) is 0 Å². The van der Waals surface area contributed by atoms with Crippen LogP contribution in [0.2, 0.25) is 5.02 Å². The Labute approximate surface area is 136 Å². The monoisotopic (exact) mass is 319 g/mol. The lowest BCUT2D eigenvalue weighted by Gasteiger charge is -2.18. The summed E-state index contributed by atoms with van der Waals surface area (Å²) in [4.78, 5) is 0. The zero-order valence-corrected chi connectivity index (χ0v) is 13.7. The third-order valence-corrected chi connectivity index (χ3v) is 3.89. The Hall–Kier alpha value is -1.55. The van der Waals surface area contributed by atoms with Crippen LogP contribution in [0, 0.1) is 0 Å². The summed E-state index contributed by atoms with van der Waals surface area (Å²) >= 11 is 5.85. The van der Waals surface area contributed by atoms with E-state index in [1.54, 1.807) is 19.2 Å². The van der Waals surface area contributed by atoms with Gasteiger partial charge in [0, 0.05) is 17.6 Å². The molecule has 0 aliphatic rings. The highest BCUT2D eigenvalue weighted by molar-refractivity contribution is 6.30. The van der Waals surface area contributed by atoms with Gasteiger partial charge in [0.1, 0.15) is 5.75 Å². The Bertz CT molecular complexity index is 586. The average Bonchev–Trinajstić information content (AvgIpc) is 2.54. The topological polar surface area (TPSA) is 41.5 Å². The summed E-state index contributed by atoms with van der Waals surface area (Å²) < 4.78 is 5.36. The van der Waals surface area contributed by atoms with Crippen LogP contribution >= 0.6 is 11.6 Å². The minimum absolute atomic E-state index is 0.234. The fraction of sp³-hybridized carbons (Fsp3) is 0.333. The molecule has 0 spiro atoms. The molecule has 2 N–H and O–H groups in total. The van der Waals surface area contributed by atoms with Gasteiger partial charge in [0.25, 0.3) is 0 Å². The lowest BCUT2D eigenvalue weighted by Crippen LogP contribution is -2.32. The number of hydrogen-bond donors (Lipinski definition) is 2. The van der Waals surface area contributed by atoms with Crippen LogP contribution in [-0.2, 0) is 6.42 Å². The molecule has 0 amide bonds. The molecule has 3 nitrogen and oxygen atoms in total. The zero-order chi connectivity index (χ0) is 15.9. The first-order valence-electron chi connectivity index (χ1n) is 7.39. The van der Waals surface area contributed by atoms with Crippen molar-refractivity contribution >= 4 is 11.6 Å². The maximum Gasteiger partial charge on any atom is 0.122 e. The van der Waals surface area contributed by atoms with Crippen molar-refractivity contribution in [3.8, 4) is 5.75 Å². The Kier molecular flexibility index (Phi) is 6.25. The molecule has 0 bridgehead atoms. The summed E-state index contributed by atoms with van der Waals surface area (Å²) in [6, 6.07) is 15.5. The number of aliphatic hydroxyl groups is 1. The quantitative estimate of drug-likeness (QED) is 0.819. The van der Waals surface area contributed by atoms with Crippen LogP contribution in [0.5, 0.6) is 5.75 Å². The third-order valence-electron chi connectivity index (χ3n) is 3.63. The van der Waals surface area contributed by atoms with Crippen molar-refractivity contribution < 1.29 is 9.84 Å². The normalized spacial score (nSPS) is 13.6. The molecule has 0 aliphatic heterocycles. The highest BCUT2D eigenvalue weighted by atomic mass is 35.5. The van der Waals surface area contributed by atoms with Gasteiger partial charge < -0.3 is 15.2 Å². The summed E-state index contributed by atoms with van der Waals surface area (Å²) in [7, 11) is 1.68. The van der Waals surface area contributed by atoms with Gasteiger partial charge in [0.05, 0.1) is 13.2 Å². The molecule has 0 aliphatic carbocycles. The van der Waals surface area contributed by atoms with Crippen LogP contribution in [0.1, 0.15) is 24.2 Å². The average molecular weight is 320 g/mol. The minimum Gasteiger partial charge on any atom is -0.496 e. The zero-order valence-electron chi connectivity index (χ0n) is 12.9. The van der Waals surface area contributed by atoms with Crippen LogP contribution in [0.3, 0.4) is 0 Å². The van der Waals surface area contributed by atoms with E-state index < -0.39 is 6.10 Å². The van der Waals surface area contributed by atoms with Crippen molar-refractivity contribution in [2.75, 3.05) is 13.7 Å². The fourth-order valence-corrected chi connectivity index (χ4v) is 2.52. The predicted molar refractivity (Wildman–Crippen MR) is 90.6 cm³/mol. The van der Waals surface area contributed by atoms with Crippen LogP contribution in [-0.4, -0.2) is 24.8 Å². The smallest absolute Gasteiger partial charge is 0.122 e. The second-order valence-electron chi connectivity index (χ2n) is 5.39. The van der Waals surface area contributed by atoms with E-state index >= 15 is 0 Å². The van der Waals surface area contributed by atoms with Crippen LogP contribution in [0.25, 0.3) is 0 Å². The minimum atomic E-state index is -0.544. The highest BCUT2D eigenvalue weighted by Crippen LogP contribution is 2.19. The van der Waals surface area contributed by atoms with E-state index in [9.17, 15) is 5.11 Å². The second-order valence-corrected chi connectivity index (χ2v) is 5.83. The van der Waals surface area contributed by atoms with Gasteiger partial charge in [-0.3, -0.25) is 0 Å². The molecular formula is C18H22ClNO2. The van der Waals surface area contributed by atoms with E-state index in [0.29, 0.717) is 11.6 Å². The van der Waals surface area contributed by atoms with Gasteiger partial charge >= 0.3 is 0 Å². The number of aliphatic hydroxyl groups excluding tert-OH is 1. The summed E-state index contributed by atoms with van der Waals surface area (Å²) in [6.45, 7) is 2.60. The van der Waals surface area contributed by atoms with E-state index in [4.69, 9.17) is 16.3 Å². The number of nitrogens with one attached hydrogen (secondary N) is 1. The molecule has 2 aromatic carbocycles. The SMILES string of the molecule is COc1ccccc1C[C@@H](C)NC[C@H](O)c1ccc(Cl)cc1. The number of ether oxygens (including phenoxy) is 1. The Morgan fingerprint density at radius 2 is 1.82 bits per heavy atom. The maximum absolute atomic E-state index is 10.2. The molecule has 2 atom stereocenters. The molecule has 0 fully saturated rings. The standard InChI is InChI=1S/C18H22ClNO2/c1-13(11-15-5-3-4-6-18(15)22-2)20-12-17(21)14-7-9-16(19)10-8-14/h3-10,13,17,20-21H,11-12H2,1-2H3/t13-,17+/m1/s1. The van der Waals surface area contributed by atoms with Gasteiger partial charge in [-0.1, -0.05) is 41.9 Å². The Morgan fingerprint density at radius 1 is 1.14 bits per heavy atom. The number of para-hydroxylation sites is 1. The van der Waals surface area contributed by atoms with Crippen LogP contribution < -0.4 is 10.1 Å². The summed E-state index contributed by atoms with van der Waals surface area (Å²) in [5.41, 5.74) is 2.02. The van der Waals surface area contributed by atoms with E-state index in [1.807, 2.05) is 30.3 Å². The molecule has 0 saturated carbocycles. The van der Waals surface area contributed by atoms with Crippen molar-refractivity contribution in [1.29, 1.82) is 0 Å². The van der Waals surface area contributed by atoms with Crippen molar-refractivity contribution in [2.24, 2.45) is 0 Å². The van der Waals surface area contributed by atoms with Gasteiger partial charge in [-0.25, -0.2) is 0 Å². The third kappa shape index (κ3) is 4.73. The van der Waals surface area contributed by atoms with Gasteiger partial charge in [0.15, 0.2) is 0 Å².